The first-order valence-electron chi connectivity index (χ1n) is 6.38. The van der Waals surface area contributed by atoms with E-state index in [2.05, 4.69) is 4.90 Å². The van der Waals surface area contributed by atoms with Crippen LogP contribution < -0.4 is 4.90 Å². The van der Waals surface area contributed by atoms with Crippen LogP contribution in [0.3, 0.4) is 0 Å². The van der Waals surface area contributed by atoms with Gasteiger partial charge in [0, 0.05) is 13.1 Å². The second-order valence-electron chi connectivity index (χ2n) is 5.51. The molecule has 2 N–H and O–H groups in total. The van der Waals surface area contributed by atoms with E-state index in [0.717, 1.165) is 11.3 Å². The molecule has 1 aliphatic rings. The summed E-state index contributed by atoms with van der Waals surface area (Å²) >= 11 is 6.27. The van der Waals surface area contributed by atoms with E-state index in [1.807, 2.05) is 26.0 Å². The Morgan fingerprint density at radius 1 is 1.42 bits per heavy atom. The van der Waals surface area contributed by atoms with Gasteiger partial charge in [0.1, 0.15) is 0 Å². The summed E-state index contributed by atoms with van der Waals surface area (Å²) in [6, 6.07) is 5.54. The predicted molar refractivity (Wildman–Crippen MR) is 75.6 cm³/mol. The van der Waals surface area contributed by atoms with Crippen molar-refractivity contribution in [3.8, 4) is 0 Å². The van der Waals surface area contributed by atoms with E-state index in [0.29, 0.717) is 18.1 Å². The first kappa shape index (κ1) is 14.6. The summed E-state index contributed by atoms with van der Waals surface area (Å²) in [4.78, 5) is 2.12. The van der Waals surface area contributed by atoms with Crippen LogP contribution in [-0.2, 0) is 11.3 Å². The Hall–Kier alpha value is -0.810. The molecule has 0 spiro atoms. The molecule has 1 fully saturated rings. The van der Waals surface area contributed by atoms with Crippen LogP contribution in [-0.4, -0.2) is 41.6 Å². The van der Waals surface area contributed by atoms with Crippen molar-refractivity contribution in [3.63, 3.8) is 0 Å². The van der Waals surface area contributed by atoms with Gasteiger partial charge in [0.25, 0.3) is 0 Å². The molecule has 0 amide bonds. The Kier molecular flexibility index (Phi) is 4.36. The van der Waals surface area contributed by atoms with Gasteiger partial charge in [0.15, 0.2) is 0 Å². The molecule has 0 saturated carbocycles. The number of anilines is 1. The molecule has 5 heteroatoms. The highest BCUT2D eigenvalue weighted by Crippen LogP contribution is 2.31. The molecule has 4 nitrogen and oxygen atoms in total. The summed E-state index contributed by atoms with van der Waals surface area (Å²) in [6.45, 7) is 5.29. The van der Waals surface area contributed by atoms with Crippen LogP contribution in [0.1, 0.15) is 19.4 Å². The highest BCUT2D eigenvalue weighted by Gasteiger charge is 2.33. The molecule has 1 atom stereocenters. The number of aliphatic hydroxyl groups is 2. The number of hydrogen-bond donors (Lipinski definition) is 2. The summed E-state index contributed by atoms with van der Waals surface area (Å²) in [5.41, 5.74) is 1.37. The fourth-order valence-corrected chi connectivity index (χ4v) is 2.80. The van der Waals surface area contributed by atoms with Crippen molar-refractivity contribution < 1.29 is 14.9 Å². The molecule has 1 saturated heterocycles. The zero-order chi connectivity index (χ0) is 14.0. The number of ether oxygens (including phenoxy) is 1. The van der Waals surface area contributed by atoms with Crippen molar-refractivity contribution in [2.75, 3.05) is 24.6 Å². The van der Waals surface area contributed by atoms with Crippen molar-refractivity contribution in [1.29, 1.82) is 0 Å². The number of halogens is 1. The van der Waals surface area contributed by atoms with Crippen LogP contribution in [0.15, 0.2) is 18.2 Å². The van der Waals surface area contributed by atoms with Gasteiger partial charge in [-0.3, -0.25) is 0 Å². The van der Waals surface area contributed by atoms with Crippen molar-refractivity contribution in [2.45, 2.75) is 32.2 Å². The van der Waals surface area contributed by atoms with Gasteiger partial charge >= 0.3 is 0 Å². The molecule has 0 aliphatic carbocycles. The Morgan fingerprint density at radius 3 is 2.74 bits per heavy atom. The maximum absolute atomic E-state index is 9.32. The average Bonchev–Trinajstić information content (AvgIpc) is 2.36. The Morgan fingerprint density at radius 2 is 2.16 bits per heavy atom. The van der Waals surface area contributed by atoms with Gasteiger partial charge in [0.2, 0.25) is 0 Å². The first-order valence-corrected chi connectivity index (χ1v) is 6.76. The standard InChI is InChI=1S/C14H20ClNO3/c1-14(2)9-16(6-11(8-18)19-14)13-4-3-10(7-17)5-12(13)15/h3-5,11,17-18H,6-9H2,1-2H3. The van der Waals surface area contributed by atoms with Gasteiger partial charge in [-0.05, 0) is 31.5 Å². The molecule has 2 rings (SSSR count). The van der Waals surface area contributed by atoms with E-state index in [1.54, 1.807) is 6.07 Å². The molecule has 1 unspecified atom stereocenters. The maximum Gasteiger partial charge on any atom is 0.0988 e. The van der Waals surface area contributed by atoms with Gasteiger partial charge in [0.05, 0.1) is 35.6 Å². The first-order chi connectivity index (χ1) is 8.95. The van der Waals surface area contributed by atoms with Crippen LogP contribution in [0.2, 0.25) is 5.02 Å². The lowest BCUT2D eigenvalue weighted by molar-refractivity contribution is -0.101. The number of rotatable bonds is 3. The highest BCUT2D eigenvalue weighted by molar-refractivity contribution is 6.33. The minimum Gasteiger partial charge on any atom is -0.394 e. The molecule has 1 aromatic carbocycles. The molecule has 1 aliphatic heterocycles. The van der Waals surface area contributed by atoms with E-state index in [-0.39, 0.29) is 24.9 Å². The fraction of sp³-hybridized carbons (Fsp3) is 0.571. The van der Waals surface area contributed by atoms with E-state index >= 15 is 0 Å². The number of hydrogen-bond acceptors (Lipinski definition) is 4. The normalized spacial score (nSPS) is 22.6. The van der Waals surface area contributed by atoms with Crippen molar-refractivity contribution in [1.82, 2.24) is 0 Å². The lowest BCUT2D eigenvalue weighted by Gasteiger charge is -2.43. The molecule has 0 aromatic heterocycles. The smallest absolute Gasteiger partial charge is 0.0988 e. The largest absolute Gasteiger partial charge is 0.394 e. The van der Waals surface area contributed by atoms with E-state index in [4.69, 9.17) is 21.4 Å². The molecular formula is C14H20ClNO3. The highest BCUT2D eigenvalue weighted by atomic mass is 35.5. The van der Waals surface area contributed by atoms with E-state index in [9.17, 15) is 5.11 Å². The minimum atomic E-state index is -0.329. The predicted octanol–water partition coefficient (Wildman–Crippen LogP) is 1.81. The van der Waals surface area contributed by atoms with Gasteiger partial charge < -0.3 is 19.8 Å². The van der Waals surface area contributed by atoms with E-state index < -0.39 is 0 Å². The van der Waals surface area contributed by atoms with Crippen LogP contribution >= 0.6 is 11.6 Å². The van der Waals surface area contributed by atoms with Gasteiger partial charge in [-0.1, -0.05) is 17.7 Å². The quantitative estimate of drug-likeness (QED) is 0.889. The summed E-state index contributed by atoms with van der Waals surface area (Å²) < 4.78 is 5.78. The van der Waals surface area contributed by atoms with Crippen molar-refractivity contribution in [2.24, 2.45) is 0 Å². The molecule has 0 bridgehead atoms. The number of aliphatic hydroxyl groups excluding tert-OH is 2. The van der Waals surface area contributed by atoms with Crippen LogP contribution in [0.25, 0.3) is 0 Å². The molecular weight excluding hydrogens is 266 g/mol. The number of nitrogens with zero attached hydrogens (tertiary/aromatic N) is 1. The maximum atomic E-state index is 9.32. The van der Waals surface area contributed by atoms with Crippen LogP contribution in [0.4, 0.5) is 5.69 Å². The molecule has 19 heavy (non-hydrogen) atoms. The van der Waals surface area contributed by atoms with Gasteiger partial charge in [-0.15, -0.1) is 0 Å². The fourth-order valence-electron chi connectivity index (χ4n) is 2.48. The molecule has 0 radical (unpaired) electrons. The Balaban J connectivity index is 2.25. The summed E-state index contributed by atoms with van der Waals surface area (Å²) in [7, 11) is 0. The van der Waals surface area contributed by atoms with Gasteiger partial charge in [-0.2, -0.15) is 0 Å². The number of benzene rings is 1. The monoisotopic (exact) mass is 285 g/mol. The molecule has 106 valence electrons. The Bertz CT molecular complexity index is 450. The third-order valence-corrected chi connectivity index (χ3v) is 3.52. The van der Waals surface area contributed by atoms with Gasteiger partial charge in [-0.25, -0.2) is 0 Å². The average molecular weight is 286 g/mol. The second kappa shape index (κ2) is 5.67. The summed E-state index contributed by atoms with van der Waals surface area (Å²) in [5, 5.41) is 19.0. The lowest BCUT2D eigenvalue weighted by Crippen LogP contribution is -2.54. The topological polar surface area (TPSA) is 52.9 Å². The molecule has 1 heterocycles. The third kappa shape index (κ3) is 3.39. The summed E-state index contributed by atoms with van der Waals surface area (Å²) in [5.74, 6) is 0. The van der Waals surface area contributed by atoms with Crippen molar-refractivity contribution >= 4 is 17.3 Å². The Labute approximate surface area is 118 Å². The van der Waals surface area contributed by atoms with Crippen LogP contribution in [0.5, 0.6) is 0 Å². The third-order valence-electron chi connectivity index (χ3n) is 3.22. The zero-order valence-electron chi connectivity index (χ0n) is 11.3. The SMILES string of the molecule is CC1(C)CN(c2ccc(CO)cc2Cl)CC(CO)O1. The minimum absolute atomic E-state index is 0.00767. The molecule has 1 aromatic rings. The van der Waals surface area contributed by atoms with Crippen LogP contribution in [0, 0.1) is 0 Å². The second-order valence-corrected chi connectivity index (χ2v) is 5.91. The number of morpholine rings is 1. The zero-order valence-corrected chi connectivity index (χ0v) is 12.0. The lowest BCUT2D eigenvalue weighted by atomic mass is 10.0. The van der Waals surface area contributed by atoms with Crippen molar-refractivity contribution in [3.05, 3.63) is 28.8 Å². The van der Waals surface area contributed by atoms with E-state index in [1.165, 1.54) is 0 Å². The summed E-state index contributed by atoms with van der Waals surface area (Å²) in [6.07, 6.45) is -0.211.